The van der Waals surface area contributed by atoms with Crippen molar-refractivity contribution in [3.63, 3.8) is 0 Å². The summed E-state index contributed by atoms with van der Waals surface area (Å²) in [6.07, 6.45) is 7.58. The Balaban J connectivity index is 0.00000408. The van der Waals surface area contributed by atoms with Gasteiger partial charge >= 0.3 is 5.97 Å². The molecule has 0 fully saturated rings. The Morgan fingerprint density at radius 3 is 2.15 bits per heavy atom. The van der Waals surface area contributed by atoms with Crippen molar-refractivity contribution in [1.82, 2.24) is 9.47 Å². The second kappa shape index (κ2) is 13.5. The Morgan fingerprint density at radius 2 is 1.50 bits per heavy atom. The fraction of sp³-hybridized carbons (Fsp3) is 0.440. The van der Waals surface area contributed by atoms with Crippen molar-refractivity contribution in [2.24, 2.45) is 0 Å². The molecule has 0 saturated heterocycles. The number of nitrogens with one attached hydrogen (secondary N) is 1. The van der Waals surface area contributed by atoms with Crippen LogP contribution in [0.1, 0.15) is 66.2 Å². The minimum atomic E-state index is -0.431. The number of amides is 2. The molecule has 0 bridgehead atoms. The van der Waals surface area contributed by atoms with E-state index in [-0.39, 0.29) is 42.9 Å². The Hall–Kier alpha value is -3.13. The summed E-state index contributed by atoms with van der Waals surface area (Å²) >= 11 is 0. The number of nitrogens with zero attached hydrogens (tertiary/aromatic N) is 2. The molecule has 2 heterocycles. The van der Waals surface area contributed by atoms with Gasteiger partial charge in [0.2, 0.25) is 0 Å². The average molecular weight is 490 g/mol. The molecule has 3 rings (SSSR count). The van der Waals surface area contributed by atoms with E-state index in [1.165, 1.54) is 15.5 Å². The van der Waals surface area contributed by atoms with Crippen LogP contribution in [0.5, 0.6) is 0 Å². The first kappa shape index (κ1) is 27.1. The number of hydrogen-bond acceptors (Lipinski definition) is 6. The van der Waals surface area contributed by atoms with Crippen LogP contribution in [0.3, 0.4) is 0 Å². The van der Waals surface area contributed by atoms with Crippen molar-refractivity contribution in [3.8, 4) is 0 Å². The molecule has 0 atom stereocenters. The van der Waals surface area contributed by atoms with E-state index in [0.29, 0.717) is 17.7 Å². The summed E-state index contributed by atoms with van der Waals surface area (Å²) in [7, 11) is 0. The summed E-state index contributed by atoms with van der Waals surface area (Å²) in [5.74, 6) is -0.801. The van der Waals surface area contributed by atoms with Crippen LogP contribution < -0.4 is 10.9 Å². The minimum absolute atomic E-state index is 0. The molecule has 34 heavy (non-hydrogen) atoms. The van der Waals surface area contributed by atoms with Crippen LogP contribution >= 0.6 is 12.4 Å². The van der Waals surface area contributed by atoms with E-state index in [0.717, 1.165) is 50.8 Å². The summed E-state index contributed by atoms with van der Waals surface area (Å²) in [6, 6.07) is 10.1. The lowest BCUT2D eigenvalue weighted by molar-refractivity contribution is -0.143. The number of fused-ring (bicyclic) bond motifs is 1. The van der Waals surface area contributed by atoms with Crippen LogP contribution in [-0.2, 0) is 16.1 Å². The van der Waals surface area contributed by atoms with Gasteiger partial charge in [-0.1, -0.05) is 37.8 Å². The standard InChI is InChI=1S/C25H31N3O5.ClH/c1-2-33-23(30)18-27-17-19(13-14-22(27)29)26-15-9-5-3-4-6-10-16-28-24(31)20-11-7-8-12-21(20)25(28)32;/h7-8,11-14,17,26H,2-6,9-10,15-16,18H2,1H3;1H. The third-order valence-corrected chi connectivity index (χ3v) is 5.60. The fourth-order valence-corrected chi connectivity index (χ4v) is 3.88. The maximum atomic E-state index is 12.3. The van der Waals surface area contributed by atoms with E-state index in [1.807, 2.05) is 0 Å². The number of ether oxygens (including phenoxy) is 1. The SMILES string of the molecule is CCOC(=O)Cn1cc(NCCCCCCCCN2C(=O)c3ccccc3C2=O)ccc1=O.Cl. The monoisotopic (exact) mass is 489 g/mol. The van der Waals surface area contributed by atoms with Crippen LogP contribution in [-0.4, -0.2) is 46.9 Å². The highest BCUT2D eigenvalue weighted by Crippen LogP contribution is 2.22. The number of carbonyl (C=O) groups is 3. The van der Waals surface area contributed by atoms with E-state index in [2.05, 4.69) is 5.32 Å². The highest BCUT2D eigenvalue weighted by molar-refractivity contribution is 6.21. The van der Waals surface area contributed by atoms with Crippen molar-refractivity contribution in [2.75, 3.05) is 25.0 Å². The van der Waals surface area contributed by atoms with Crippen molar-refractivity contribution in [2.45, 2.75) is 52.0 Å². The van der Waals surface area contributed by atoms with Gasteiger partial charge in [-0.2, -0.15) is 0 Å². The maximum absolute atomic E-state index is 12.3. The van der Waals surface area contributed by atoms with Gasteiger partial charge in [0.15, 0.2) is 0 Å². The number of pyridine rings is 1. The van der Waals surface area contributed by atoms with Crippen LogP contribution in [0.4, 0.5) is 5.69 Å². The van der Waals surface area contributed by atoms with Gasteiger partial charge < -0.3 is 14.6 Å². The fourth-order valence-electron chi connectivity index (χ4n) is 3.88. The van der Waals surface area contributed by atoms with Crippen LogP contribution in [0.2, 0.25) is 0 Å². The topological polar surface area (TPSA) is 97.7 Å². The van der Waals surface area contributed by atoms with Crippen LogP contribution in [0, 0.1) is 0 Å². The first-order chi connectivity index (χ1) is 16.0. The molecular formula is C25H32ClN3O5. The van der Waals surface area contributed by atoms with E-state index in [1.54, 1.807) is 43.5 Å². The van der Waals surface area contributed by atoms with E-state index in [4.69, 9.17) is 4.74 Å². The third kappa shape index (κ3) is 7.18. The lowest BCUT2D eigenvalue weighted by Crippen LogP contribution is -2.30. The van der Waals surface area contributed by atoms with Crippen LogP contribution in [0.15, 0.2) is 47.4 Å². The van der Waals surface area contributed by atoms with Crippen molar-refractivity contribution in [3.05, 3.63) is 64.1 Å². The zero-order chi connectivity index (χ0) is 23.6. The van der Waals surface area contributed by atoms with Gasteiger partial charge in [0, 0.05) is 25.4 Å². The molecule has 1 aromatic heterocycles. The Kier molecular flexibility index (Phi) is 10.8. The summed E-state index contributed by atoms with van der Waals surface area (Å²) in [6.45, 7) is 3.16. The molecular weight excluding hydrogens is 458 g/mol. The molecule has 1 aliphatic rings. The first-order valence-corrected chi connectivity index (χ1v) is 11.6. The number of unbranched alkanes of at least 4 members (excludes halogenated alkanes) is 5. The zero-order valence-electron chi connectivity index (χ0n) is 19.5. The number of aromatic nitrogens is 1. The molecule has 1 N–H and O–H groups in total. The second-order valence-corrected chi connectivity index (χ2v) is 8.04. The lowest BCUT2D eigenvalue weighted by atomic mass is 10.1. The number of esters is 1. The van der Waals surface area contributed by atoms with Gasteiger partial charge in [0.25, 0.3) is 17.4 Å². The summed E-state index contributed by atoms with van der Waals surface area (Å²) in [4.78, 5) is 49.5. The second-order valence-electron chi connectivity index (χ2n) is 8.04. The molecule has 184 valence electrons. The quantitative estimate of drug-likeness (QED) is 0.260. The number of benzene rings is 1. The van der Waals surface area contributed by atoms with Gasteiger partial charge in [0.1, 0.15) is 6.54 Å². The van der Waals surface area contributed by atoms with Gasteiger partial charge in [0.05, 0.1) is 23.4 Å². The lowest BCUT2D eigenvalue weighted by Gasteiger charge is -2.13. The Labute approximate surface area is 205 Å². The van der Waals surface area contributed by atoms with Crippen molar-refractivity contribution >= 4 is 35.9 Å². The molecule has 1 aromatic carbocycles. The highest BCUT2D eigenvalue weighted by atomic mass is 35.5. The van der Waals surface area contributed by atoms with Gasteiger partial charge in [-0.15, -0.1) is 12.4 Å². The molecule has 0 aliphatic carbocycles. The van der Waals surface area contributed by atoms with Gasteiger partial charge in [-0.05, 0) is 38.0 Å². The number of carbonyl (C=O) groups excluding carboxylic acids is 3. The molecule has 1 aliphatic heterocycles. The van der Waals surface area contributed by atoms with E-state index in [9.17, 15) is 19.2 Å². The van der Waals surface area contributed by atoms with Gasteiger partial charge in [-0.3, -0.25) is 24.1 Å². The maximum Gasteiger partial charge on any atom is 0.326 e. The summed E-state index contributed by atoms with van der Waals surface area (Å²) in [5.41, 5.74) is 1.56. The number of anilines is 1. The number of imide groups is 1. The Bertz CT molecular complexity index is 1020. The molecule has 0 saturated carbocycles. The summed E-state index contributed by atoms with van der Waals surface area (Å²) in [5, 5.41) is 3.28. The van der Waals surface area contributed by atoms with Crippen molar-refractivity contribution < 1.29 is 19.1 Å². The number of halogens is 1. The smallest absolute Gasteiger partial charge is 0.326 e. The highest BCUT2D eigenvalue weighted by Gasteiger charge is 2.34. The zero-order valence-corrected chi connectivity index (χ0v) is 20.3. The van der Waals surface area contributed by atoms with Gasteiger partial charge in [-0.25, -0.2) is 0 Å². The number of rotatable bonds is 13. The molecule has 8 nitrogen and oxygen atoms in total. The third-order valence-electron chi connectivity index (χ3n) is 5.60. The van der Waals surface area contributed by atoms with E-state index >= 15 is 0 Å². The van der Waals surface area contributed by atoms with Crippen LogP contribution in [0.25, 0.3) is 0 Å². The predicted molar refractivity (Wildman–Crippen MR) is 133 cm³/mol. The molecule has 0 radical (unpaired) electrons. The van der Waals surface area contributed by atoms with E-state index < -0.39 is 5.97 Å². The Morgan fingerprint density at radius 1 is 0.882 bits per heavy atom. The minimum Gasteiger partial charge on any atom is -0.465 e. The molecule has 2 aromatic rings. The number of hydrogen-bond donors (Lipinski definition) is 1. The molecule has 0 unspecified atom stereocenters. The first-order valence-electron chi connectivity index (χ1n) is 11.6. The molecule has 2 amide bonds. The summed E-state index contributed by atoms with van der Waals surface area (Å²) < 4.78 is 6.24. The molecule has 0 spiro atoms. The molecule has 9 heteroatoms. The van der Waals surface area contributed by atoms with Crippen molar-refractivity contribution in [1.29, 1.82) is 0 Å². The average Bonchev–Trinajstić information content (AvgIpc) is 3.05. The normalized spacial score (nSPS) is 12.3. The largest absolute Gasteiger partial charge is 0.465 e. The predicted octanol–water partition coefficient (Wildman–Crippen LogP) is 3.88.